The van der Waals surface area contributed by atoms with Gasteiger partial charge in [-0.1, -0.05) is 20.8 Å². The Bertz CT molecular complexity index is 687. The third-order valence-electron chi connectivity index (χ3n) is 5.40. The maximum atomic E-state index is 11.5. The summed E-state index contributed by atoms with van der Waals surface area (Å²) in [4.78, 5) is 15.4. The number of rotatable bonds is 3. The zero-order chi connectivity index (χ0) is 17.8. The van der Waals surface area contributed by atoms with Crippen molar-refractivity contribution in [3.8, 4) is 6.01 Å². The highest BCUT2D eigenvalue weighted by Crippen LogP contribution is 2.47. The molecular weight excluding hydrogens is 348 g/mol. The highest BCUT2D eigenvalue weighted by atomic mass is 35.5. The molecule has 0 amide bonds. The van der Waals surface area contributed by atoms with Gasteiger partial charge in [-0.3, -0.25) is 9.36 Å². The molecule has 1 saturated heterocycles. The maximum absolute atomic E-state index is 11.5. The van der Waals surface area contributed by atoms with E-state index in [1.54, 1.807) is 10.8 Å². The van der Waals surface area contributed by atoms with E-state index in [-0.39, 0.29) is 41.4 Å². The van der Waals surface area contributed by atoms with E-state index in [0.29, 0.717) is 6.42 Å². The lowest BCUT2D eigenvalue weighted by molar-refractivity contribution is -0.0900. The highest BCUT2D eigenvalue weighted by molar-refractivity contribution is 6.74. The summed E-state index contributed by atoms with van der Waals surface area (Å²) in [5.41, 5.74) is -1.05. The Balaban J connectivity index is 1.93. The molecule has 3 atom stereocenters. The van der Waals surface area contributed by atoms with Gasteiger partial charge in [0.05, 0.1) is 12.0 Å². The monoisotopic (exact) mass is 372 g/mol. The quantitative estimate of drug-likeness (QED) is 0.603. The van der Waals surface area contributed by atoms with Crippen molar-refractivity contribution in [3.63, 3.8) is 0 Å². The maximum Gasteiger partial charge on any atom is 0.301 e. The van der Waals surface area contributed by atoms with Gasteiger partial charge in [-0.15, -0.1) is 11.6 Å². The molecule has 24 heavy (non-hydrogen) atoms. The molecule has 6 nitrogen and oxygen atoms in total. The molecule has 2 aliphatic rings. The molecule has 0 saturated carbocycles. The summed E-state index contributed by atoms with van der Waals surface area (Å²) in [5.74, 6) is 0.265. The first-order valence-corrected chi connectivity index (χ1v) is 11.7. The van der Waals surface area contributed by atoms with Gasteiger partial charge in [0.1, 0.15) is 18.4 Å². The van der Waals surface area contributed by atoms with Crippen LogP contribution < -0.4 is 10.3 Å². The Morgan fingerprint density at radius 2 is 2.21 bits per heavy atom. The van der Waals surface area contributed by atoms with Crippen molar-refractivity contribution >= 4 is 19.9 Å². The van der Waals surface area contributed by atoms with Crippen molar-refractivity contribution in [2.45, 2.75) is 63.3 Å². The van der Waals surface area contributed by atoms with E-state index in [4.69, 9.17) is 25.5 Å². The number of alkyl halides is 1. The molecule has 1 aromatic heterocycles. The Morgan fingerprint density at radius 3 is 2.83 bits per heavy atom. The van der Waals surface area contributed by atoms with Crippen LogP contribution in [-0.4, -0.2) is 42.1 Å². The lowest BCUT2D eigenvalue weighted by Crippen LogP contribution is -2.54. The van der Waals surface area contributed by atoms with Crippen LogP contribution in [0.1, 0.15) is 33.4 Å². The zero-order valence-electron chi connectivity index (χ0n) is 14.8. The fraction of sp³-hybridized carbons (Fsp3) is 0.750. The Morgan fingerprint density at radius 1 is 1.50 bits per heavy atom. The van der Waals surface area contributed by atoms with Gasteiger partial charge in [-0.25, -0.2) is 0 Å². The Kier molecular flexibility index (Phi) is 4.35. The summed E-state index contributed by atoms with van der Waals surface area (Å²) in [6.07, 6.45) is 1.90. The van der Waals surface area contributed by atoms with E-state index in [0.717, 1.165) is 0 Å². The summed E-state index contributed by atoms with van der Waals surface area (Å²) < 4.78 is 20.4. The van der Waals surface area contributed by atoms with Crippen molar-refractivity contribution in [2.75, 3.05) is 12.5 Å². The van der Waals surface area contributed by atoms with Gasteiger partial charge in [-0.2, -0.15) is 4.98 Å². The normalized spacial score (nSPS) is 29.8. The van der Waals surface area contributed by atoms with E-state index in [2.05, 4.69) is 38.8 Å². The molecule has 0 N–H and O–H groups in total. The number of nitrogens with zero attached hydrogens (tertiary/aromatic N) is 2. The van der Waals surface area contributed by atoms with E-state index in [1.807, 2.05) is 0 Å². The highest BCUT2D eigenvalue weighted by Gasteiger charge is 2.55. The van der Waals surface area contributed by atoms with Crippen molar-refractivity contribution in [2.24, 2.45) is 0 Å². The van der Waals surface area contributed by atoms with Crippen LogP contribution in [0.25, 0.3) is 0 Å². The van der Waals surface area contributed by atoms with Gasteiger partial charge in [-0.05, 0) is 18.1 Å². The molecule has 8 heteroatoms. The van der Waals surface area contributed by atoms with Gasteiger partial charge in [0.25, 0.3) is 5.56 Å². The molecule has 1 fully saturated rings. The third-order valence-corrected chi connectivity index (χ3v) is 10.3. The topological polar surface area (TPSA) is 62.6 Å². The lowest BCUT2D eigenvalue weighted by Gasteiger charge is -2.42. The fourth-order valence-corrected chi connectivity index (χ4v) is 4.53. The van der Waals surface area contributed by atoms with Crippen LogP contribution >= 0.6 is 11.6 Å². The molecule has 0 radical (unpaired) electrons. The molecule has 3 rings (SSSR count). The smallest absolute Gasteiger partial charge is 0.301 e. The van der Waals surface area contributed by atoms with Crippen LogP contribution in [0.5, 0.6) is 6.01 Å². The molecule has 1 aromatic rings. The minimum absolute atomic E-state index is 0.0954. The van der Waals surface area contributed by atoms with E-state index in [9.17, 15) is 4.79 Å². The second kappa shape index (κ2) is 5.83. The first-order valence-electron chi connectivity index (χ1n) is 8.22. The first kappa shape index (κ1) is 17.9. The van der Waals surface area contributed by atoms with Gasteiger partial charge < -0.3 is 13.9 Å². The summed E-state index contributed by atoms with van der Waals surface area (Å²) in [5, 5.41) is 0.0954. The van der Waals surface area contributed by atoms with Gasteiger partial charge in [0.2, 0.25) is 0 Å². The summed E-state index contributed by atoms with van der Waals surface area (Å²) >= 11 is 6.29. The number of ether oxygens (including phenoxy) is 2. The van der Waals surface area contributed by atoms with Crippen molar-refractivity contribution < 1.29 is 13.9 Å². The molecular formula is C16H25ClN2O4Si. The average molecular weight is 373 g/mol. The van der Waals surface area contributed by atoms with E-state index >= 15 is 0 Å². The predicted molar refractivity (Wildman–Crippen MR) is 94.3 cm³/mol. The minimum atomic E-state index is -1.98. The van der Waals surface area contributed by atoms with Crippen molar-refractivity contribution in [1.29, 1.82) is 0 Å². The SMILES string of the molecule is CC(C)(C)[Si](C)(C)O[C@H]1C[C@H]2O[C@]1(CCl)COc1nc(=O)ccn12. The zero-order valence-corrected chi connectivity index (χ0v) is 16.6. The van der Waals surface area contributed by atoms with Crippen LogP contribution in [0.15, 0.2) is 17.1 Å². The fourth-order valence-electron chi connectivity index (χ4n) is 2.84. The molecule has 2 bridgehead atoms. The summed E-state index contributed by atoms with van der Waals surface area (Å²) in [6, 6.07) is 1.69. The van der Waals surface area contributed by atoms with Gasteiger partial charge in [0, 0.05) is 18.7 Å². The number of hydrogen-bond donors (Lipinski definition) is 0. The van der Waals surface area contributed by atoms with Crippen LogP contribution in [0.2, 0.25) is 18.1 Å². The van der Waals surface area contributed by atoms with E-state index < -0.39 is 13.9 Å². The second-order valence-electron chi connectivity index (χ2n) is 8.12. The van der Waals surface area contributed by atoms with Crippen molar-refractivity contribution in [3.05, 3.63) is 22.6 Å². The third kappa shape index (κ3) is 2.91. The van der Waals surface area contributed by atoms with E-state index in [1.165, 1.54) is 6.07 Å². The standard InChI is InChI=1S/C16H25ClN2O4Si/c1-15(2,3)24(4,5)23-11-8-13-19-7-6-12(20)18-14(19)21-10-16(11,9-17)22-13/h6-7,11,13H,8-10H2,1-5H3/t11-,13+,16+/m0/s1. The molecule has 0 unspecified atom stereocenters. The van der Waals surface area contributed by atoms with Crippen molar-refractivity contribution in [1.82, 2.24) is 9.55 Å². The molecule has 0 aromatic carbocycles. The average Bonchev–Trinajstić information content (AvgIpc) is 2.73. The van der Waals surface area contributed by atoms with Crippen LogP contribution in [-0.2, 0) is 9.16 Å². The summed E-state index contributed by atoms with van der Waals surface area (Å²) in [7, 11) is -1.98. The predicted octanol–water partition coefficient (Wildman–Crippen LogP) is 2.92. The number of hydrogen-bond acceptors (Lipinski definition) is 5. The molecule has 0 spiro atoms. The largest absolute Gasteiger partial charge is 0.461 e. The number of fused-ring (bicyclic) bond motifs is 4. The second-order valence-corrected chi connectivity index (χ2v) is 13.1. The number of halogens is 1. The summed E-state index contributed by atoms with van der Waals surface area (Å²) in [6.45, 7) is 11.3. The van der Waals surface area contributed by atoms with Gasteiger partial charge >= 0.3 is 6.01 Å². The minimum Gasteiger partial charge on any atom is -0.461 e. The molecule has 3 heterocycles. The number of aromatic nitrogens is 2. The Hall–Kier alpha value is -0.893. The van der Waals surface area contributed by atoms with Crippen LogP contribution in [0.4, 0.5) is 0 Å². The van der Waals surface area contributed by atoms with Crippen LogP contribution in [0.3, 0.4) is 0 Å². The lowest BCUT2D eigenvalue weighted by atomic mass is 10.00. The van der Waals surface area contributed by atoms with Gasteiger partial charge in [0.15, 0.2) is 8.32 Å². The molecule has 134 valence electrons. The first-order chi connectivity index (χ1) is 11.1. The Labute approximate surface area is 148 Å². The molecule has 2 aliphatic heterocycles. The van der Waals surface area contributed by atoms with Crippen LogP contribution in [0, 0.1) is 0 Å². The molecule has 0 aliphatic carbocycles.